The lowest BCUT2D eigenvalue weighted by Crippen LogP contribution is -2.57. The molecule has 1 aromatic rings. The van der Waals surface area contributed by atoms with Gasteiger partial charge in [-0.1, -0.05) is 0 Å². The monoisotopic (exact) mass is 293 g/mol. The van der Waals surface area contributed by atoms with Crippen molar-refractivity contribution in [1.82, 2.24) is 15.5 Å². The number of methoxy groups -OCH3 is 1. The Balaban J connectivity index is 2.13. The molecule has 1 amide bonds. The number of likely N-dealkylation sites (N-methyl/N-ethyl adjacent to an activating group) is 1. The molecule has 6 heteroatoms. The van der Waals surface area contributed by atoms with Gasteiger partial charge in [0.05, 0.1) is 7.11 Å². The van der Waals surface area contributed by atoms with Gasteiger partial charge < -0.3 is 20.5 Å². The molecule has 2 rings (SSSR count). The molecule has 0 radical (unpaired) electrons. The van der Waals surface area contributed by atoms with Gasteiger partial charge in [-0.05, 0) is 25.1 Å². The Morgan fingerprint density at radius 2 is 2.38 bits per heavy atom. The number of rotatable bonds is 5. The first-order chi connectivity index (χ1) is 10.2. The second-order valence-corrected chi connectivity index (χ2v) is 5.08. The second-order valence-electron chi connectivity index (χ2n) is 5.08. The molecule has 3 N–H and O–H groups in total. The maximum atomic E-state index is 12.1. The molecule has 0 aromatic heterocycles. The molecule has 0 bridgehead atoms. The molecule has 1 aliphatic heterocycles. The Hall–Kier alpha value is -1.79. The van der Waals surface area contributed by atoms with E-state index in [9.17, 15) is 9.90 Å². The predicted octanol–water partition coefficient (Wildman–Crippen LogP) is 0.311. The van der Waals surface area contributed by atoms with Crippen molar-refractivity contribution in [2.45, 2.75) is 19.5 Å². The van der Waals surface area contributed by atoms with Gasteiger partial charge in [0.25, 0.3) is 0 Å². The number of phenols is 1. The zero-order valence-electron chi connectivity index (χ0n) is 12.6. The van der Waals surface area contributed by atoms with Crippen LogP contribution in [0.25, 0.3) is 0 Å². The Bertz CT molecular complexity index is 493. The number of carbonyl (C=O) groups is 1. The fraction of sp³-hybridized carbons (Fsp3) is 0.533. The summed E-state index contributed by atoms with van der Waals surface area (Å²) in [6.07, 6.45) is 0. The zero-order valence-corrected chi connectivity index (χ0v) is 12.6. The molecule has 1 aromatic carbocycles. The van der Waals surface area contributed by atoms with Crippen molar-refractivity contribution in [3.05, 3.63) is 23.8 Å². The number of aromatic hydroxyl groups is 1. The summed E-state index contributed by atoms with van der Waals surface area (Å²) >= 11 is 0. The predicted molar refractivity (Wildman–Crippen MR) is 80.4 cm³/mol. The number of carbonyl (C=O) groups excluding carboxylic acids is 1. The third-order valence-electron chi connectivity index (χ3n) is 3.67. The zero-order chi connectivity index (χ0) is 15.2. The fourth-order valence-electron chi connectivity index (χ4n) is 2.52. The molecule has 0 aliphatic carbocycles. The molecule has 1 atom stereocenters. The number of nitrogens with one attached hydrogen (secondary N) is 2. The van der Waals surface area contributed by atoms with Gasteiger partial charge in [0.15, 0.2) is 0 Å². The Morgan fingerprint density at radius 3 is 3.10 bits per heavy atom. The van der Waals surface area contributed by atoms with E-state index in [-0.39, 0.29) is 17.7 Å². The summed E-state index contributed by atoms with van der Waals surface area (Å²) in [7, 11) is 1.60. The lowest BCUT2D eigenvalue weighted by molar-refractivity contribution is -0.127. The number of benzene rings is 1. The van der Waals surface area contributed by atoms with Gasteiger partial charge in [-0.3, -0.25) is 9.69 Å². The minimum absolute atomic E-state index is 0.0204. The van der Waals surface area contributed by atoms with E-state index >= 15 is 0 Å². The van der Waals surface area contributed by atoms with Crippen molar-refractivity contribution in [3.63, 3.8) is 0 Å². The van der Waals surface area contributed by atoms with Crippen LogP contribution in [-0.2, 0) is 11.3 Å². The van der Waals surface area contributed by atoms with Gasteiger partial charge in [-0.15, -0.1) is 0 Å². The normalized spacial score (nSPS) is 19.2. The van der Waals surface area contributed by atoms with Crippen molar-refractivity contribution in [1.29, 1.82) is 0 Å². The molecule has 1 saturated heterocycles. The lowest BCUT2D eigenvalue weighted by atomic mass is 10.1. The van der Waals surface area contributed by atoms with Crippen molar-refractivity contribution >= 4 is 5.91 Å². The van der Waals surface area contributed by atoms with E-state index < -0.39 is 0 Å². The minimum atomic E-state index is -0.218. The highest BCUT2D eigenvalue weighted by atomic mass is 16.5. The maximum Gasteiger partial charge on any atom is 0.238 e. The van der Waals surface area contributed by atoms with Crippen LogP contribution in [0.4, 0.5) is 0 Å². The highest BCUT2D eigenvalue weighted by Crippen LogP contribution is 2.25. The standard InChI is InChI=1S/C15H23N3O3/c1-3-17-15(20)13-9-16-6-7-18(13)10-11-8-12(21-2)4-5-14(11)19/h4-5,8,13,16,19H,3,6-7,9-10H2,1-2H3,(H,17,20). The van der Waals surface area contributed by atoms with E-state index in [1.54, 1.807) is 19.2 Å². The molecule has 1 unspecified atom stereocenters. The molecule has 116 valence electrons. The summed E-state index contributed by atoms with van der Waals surface area (Å²) in [6.45, 7) is 5.27. The van der Waals surface area contributed by atoms with E-state index in [0.717, 1.165) is 18.7 Å². The number of phenolic OH excluding ortho intramolecular Hbond substituents is 1. The summed E-state index contributed by atoms with van der Waals surface area (Å²) < 4.78 is 5.19. The number of ether oxygens (including phenoxy) is 1. The molecular formula is C15H23N3O3. The Morgan fingerprint density at radius 1 is 1.57 bits per heavy atom. The van der Waals surface area contributed by atoms with Crippen LogP contribution in [0.2, 0.25) is 0 Å². The Labute approximate surface area is 125 Å². The van der Waals surface area contributed by atoms with Gasteiger partial charge in [0, 0.05) is 38.3 Å². The van der Waals surface area contributed by atoms with Crippen LogP contribution in [0.3, 0.4) is 0 Å². The third kappa shape index (κ3) is 3.86. The lowest BCUT2D eigenvalue weighted by Gasteiger charge is -2.35. The molecule has 6 nitrogen and oxygen atoms in total. The number of hydrogen-bond donors (Lipinski definition) is 3. The summed E-state index contributed by atoms with van der Waals surface area (Å²) in [6, 6.07) is 4.94. The number of hydrogen-bond acceptors (Lipinski definition) is 5. The van der Waals surface area contributed by atoms with Crippen LogP contribution in [0.15, 0.2) is 18.2 Å². The second kappa shape index (κ2) is 7.28. The molecule has 0 spiro atoms. The number of nitrogens with zero attached hydrogens (tertiary/aromatic N) is 1. The molecule has 21 heavy (non-hydrogen) atoms. The first-order valence-electron chi connectivity index (χ1n) is 7.24. The summed E-state index contributed by atoms with van der Waals surface area (Å²) in [5, 5.41) is 16.1. The van der Waals surface area contributed by atoms with Crippen LogP contribution >= 0.6 is 0 Å². The molecule has 0 saturated carbocycles. The van der Waals surface area contributed by atoms with E-state index in [4.69, 9.17) is 4.74 Å². The van der Waals surface area contributed by atoms with Crippen LogP contribution in [0.5, 0.6) is 11.5 Å². The van der Waals surface area contributed by atoms with E-state index in [0.29, 0.717) is 25.4 Å². The average Bonchev–Trinajstić information content (AvgIpc) is 2.50. The minimum Gasteiger partial charge on any atom is -0.508 e. The van der Waals surface area contributed by atoms with E-state index in [1.807, 2.05) is 13.0 Å². The van der Waals surface area contributed by atoms with Crippen LogP contribution in [-0.4, -0.2) is 55.2 Å². The smallest absolute Gasteiger partial charge is 0.238 e. The van der Waals surface area contributed by atoms with E-state index in [2.05, 4.69) is 15.5 Å². The van der Waals surface area contributed by atoms with E-state index in [1.165, 1.54) is 0 Å². The van der Waals surface area contributed by atoms with Crippen LogP contribution in [0.1, 0.15) is 12.5 Å². The van der Waals surface area contributed by atoms with Gasteiger partial charge in [-0.2, -0.15) is 0 Å². The number of piperazine rings is 1. The quantitative estimate of drug-likeness (QED) is 0.729. The van der Waals surface area contributed by atoms with Crippen molar-refractivity contribution in [2.24, 2.45) is 0 Å². The van der Waals surface area contributed by atoms with Crippen molar-refractivity contribution in [3.8, 4) is 11.5 Å². The van der Waals surface area contributed by atoms with Crippen molar-refractivity contribution < 1.29 is 14.6 Å². The first kappa shape index (κ1) is 15.6. The Kier molecular flexibility index (Phi) is 5.41. The van der Waals surface area contributed by atoms with Gasteiger partial charge in [-0.25, -0.2) is 0 Å². The highest BCUT2D eigenvalue weighted by Gasteiger charge is 2.28. The third-order valence-corrected chi connectivity index (χ3v) is 3.67. The van der Waals surface area contributed by atoms with Crippen LogP contribution in [0, 0.1) is 0 Å². The number of amides is 1. The summed E-state index contributed by atoms with van der Waals surface area (Å²) in [4.78, 5) is 14.2. The summed E-state index contributed by atoms with van der Waals surface area (Å²) in [5.74, 6) is 0.948. The fourth-order valence-corrected chi connectivity index (χ4v) is 2.52. The average molecular weight is 293 g/mol. The largest absolute Gasteiger partial charge is 0.508 e. The first-order valence-corrected chi connectivity index (χ1v) is 7.24. The van der Waals surface area contributed by atoms with Gasteiger partial charge >= 0.3 is 0 Å². The summed E-state index contributed by atoms with van der Waals surface area (Å²) in [5.41, 5.74) is 0.769. The molecular weight excluding hydrogens is 270 g/mol. The maximum absolute atomic E-state index is 12.1. The molecule has 1 aliphatic rings. The topological polar surface area (TPSA) is 73.8 Å². The molecule has 1 fully saturated rings. The van der Waals surface area contributed by atoms with Crippen molar-refractivity contribution in [2.75, 3.05) is 33.3 Å². The van der Waals surface area contributed by atoms with Gasteiger partial charge in [0.1, 0.15) is 17.5 Å². The highest BCUT2D eigenvalue weighted by molar-refractivity contribution is 5.82. The molecule has 1 heterocycles. The SMILES string of the molecule is CCNC(=O)C1CNCCN1Cc1cc(OC)ccc1O. The van der Waals surface area contributed by atoms with Gasteiger partial charge in [0.2, 0.25) is 5.91 Å². The van der Waals surface area contributed by atoms with Crippen LogP contribution < -0.4 is 15.4 Å².